The molecule has 2 N–H and O–H groups in total. The average Bonchev–Trinajstić information content (AvgIpc) is 2.32. The molecule has 0 aliphatic rings. The van der Waals surface area contributed by atoms with E-state index in [1.54, 1.807) is 36.4 Å². The highest BCUT2D eigenvalue weighted by molar-refractivity contribution is 5.85. The minimum absolute atomic E-state index is 0.420. The van der Waals surface area contributed by atoms with E-state index in [0.717, 1.165) is 0 Å². The highest BCUT2D eigenvalue weighted by atomic mass is 16.5. The van der Waals surface area contributed by atoms with Crippen LogP contribution in [0.1, 0.15) is 0 Å². The molecular weight excluding hydrogens is 218 g/mol. The molecule has 0 aromatic heterocycles. The van der Waals surface area contributed by atoms with Crippen molar-refractivity contribution in [2.75, 3.05) is 5.32 Å². The van der Waals surface area contributed by atoms with Crippen LogP contribution in [0.4, 0.5) is 10.5 Å². The summed E-state index contributed by atoms with van der Waals surface area (Å²) in [7, 11) is 0. The van der Waals surface area contributed by atoms with Gasteiger partial charge in [-0.05, 0) is 24.3 Å². The van der Waals surface area contributed by atoms with Crippen LogP contribution in [0.15, 0.2) is 54.6 Å². The molecule has 0 aliphatic heterocycles. The molecule has 2 aromatic carbocycles. The van der Waals surface area contributed by atoms with Crippen LogP contribution in [0.5, 0.6) is 11.5 Å². The van der Waals surface area contributed by atoms with Gasteiger partial charge < -0.3 is 9.84 Å². The lowest BCUT2D eigenvalue weighted by Gasteiger charge is -2.10. The lowest BCUT2D eigenvalue weighted by molar-refractivity contribution is 0.209. The van der Waals surface area contributed by atoms with Gasteiger partial charge in [-0.25, -0.2) is 4.79 Å². The molecular formula is C13H11NO3. The van der Waals surface area contributed by atoms with Gasteiger partial charge in [0.15, 0.2) is 5.75 Å². The molecule has 0 heterocycles. The molecule has 0 aliphatic carbocycles. The quantitative estimate of drug-likeness (QED) is 0.845. The van der Waals surface area contributed by atoms with Crippen molar-refractivity contribution in [1.29, 1.82) is 0 Å². The molecule has 1 amide bonds. The van der Waals surface area contributed by atoms with Gasteiger partial charge in [-0.2, -0.15) is 0 Å². The van der Waals surface area contributed by atoms with Crippen LogP contribution in [0.3, 0.4) is 0 Å². The van der Waals surface area contributed by atoms with Gasteiger partial charge in [-0.1, -0.05) is 30.3 Å². The van der Waals surface area contributed by atoms with Crippen LogP contribution in [-0.4, -0.2) is 11.2 Å². The molecule has 0 bridgehead atoms. The molecule has 2 aromatic rings. The molecule has 2 rings (SSSR count). The summed E-state index contributed by atoms with van der Waals surface area (Å²) in [6, 6.07) is 16.1. The van der Waals surface area contributed by atoms with Crippen LogP contribution in [0.25, 0.3) is 0 Å². The lowest BCUT2D eigenvalue weighted by atomic mass is 10.3. The molecule has 0 spiro atoms. The second kappa shape index (κ2) is 5.03. The summed E-state index contributed by atoms with van der Waals surface area (Å²) in [4.78, 5) is 10.6. The Bertz CT molecular complexity index is 511. The summed E-state index contributed by atoms with van der Waals surface area (Å²) >= 11 is 0. The molecule has 0 unspecified atom stereocenters. The number of ether oxygens (including phenoxy) is 1. The van der Waals surface area contributed by atoms with E-state index in [2.05, 4.69) is 5.32 Å². The molecule has 0 fully saturated rings. The number of anilines is 1. The van der Waals surface area contributed by atoms with Crippen molar-refractivity contribution >= 4 is 11.8 Å². The van der Waals surface area contributed by atoms with Crippen LogP contribution in [0.2, 0.25) is 0 Å². The predicted octanol–water partition coefficient (Wildman–Crippen LogP) is 3.57. The molecule has 0 saturated carbocycles. The van der Waals surface area contributed by atoms with E-state index in [9.17, 15) is 4.79 Å². The number of benzene rings is 2. The van der Waals surface area contributed by atoms with Crippen molar-refractivity contribution in [3.05, 3.63) is 54.6 Å². The Hall–Kier alpha value is -2.49. The fourth-order valence-corrected chi connectivity index (χ4v) is 1.39. The third kappa shape index (κ3) is 2.98. The SMILES string of the molecule is O=C(O)Nc1ccccc1Oc1ccccc1. The summed E-state index contributed by atoms with van der Waals surface area (Å²) in [6.07, 6.45) is -1.12. The minimum Gasteiger partial charge on any atom is -0.465 e. The number of amides is 1. The Labute approximate surface area is 98.5 Å². The van der Waals surface area contributed by atoms with Crippen molar-refractivity contribution < 1.29 is 14.6 Å². The van der Waals surface area contributed by atoms with E-state index in [1.165, 1.54) is 0 Å². The van der Waals surface area contributed by atoms with E-state index in [-0.39, 0.29) is 0 Å². The zero-order chi connectivity index (χ0) is 12.1. The second-order valence-corrected chi connectivity index (χ2v) is 3.34. The third-order valence-electron chi connectivity index (χ3n) is 2.10. The number of nitrogens with one attached hydrogen (secondary N) is 1. The summed E-state index contributed by atoms with van der Waals surface area (Å²) < 4.78 is 5.58. The van der Waals surface area contributed by atoms with Crippen LogP contribution >= 0.6 is 0 Å². The Balaban J connectivity index is 2.23. The Kier molecular flexibility index (Phi) is 3.25. The number of carboxylic acid groups (broad SMARTS) is 1. The third-order valence-corrected chi connectivity index (χ3v) is 2.10. The first-order valence-electron chi connectivity index (χ1n) is 5.07. The van der Waals surface area contributed by atoms with Crippen LogP contribution < -0.4 is 10.1 Å². The standard InChI is InChI=1S/C13H11NO3/c15-13(16)14-11-8-4-5-9-12(11)17-10-6-2-1-3-7-10/h1-9,14H,(H,15,16). The van der Waals surface area contributed by atoms with Gasteiger partial charge in [-0.3, -0.25) is 5.32 Å². The predicted molar refractivity (Wildman–Crippen MR) is 64.6 cm³/mol. The smallest absolute Gasteiger partial charge is 0.409 e. The van der Waals surface area contributed by atoms with E-state index in [4.69, 9.17) is 9.84 Å². The van der Waals surface area contributed by atoms with Gasteiger partial charge in [0, 0.05) is 0 Å². The molecule has 0 radical (unpaired) electrons. The zero-order valence-corrected chi connectivity index (χ0v) is 8.96. The maximum absolute atomic E-state index is 10.6. The first-order valence-corrected chi connectivity index (χ1v) is 5.07. The first kappa shape index (κ1) is 11.0. The normalized spacial score (nSPS) is 9.65. The second-order valence-electron chi connectivity index (χ2n) is 3.34. The molecule has 17 heavy (non-hydrogen) atoms. The summed E-state index contributed by atoms with van der Waals surface area (Å²) in [6.45, 7) is 0. The topological polar surface area (TPSA) is 58.6 Å². The van der Waals surface area contributed by atoms with Crippen LogP contribution in [0, 0.1) is 0 Å². The van der Waals surface area contributed by atoms with Gasteiger partial charge in [0.25, 0.3) is 0 Å². The summed E-state index contributed by atoms with van der Waals surface area (Å²) in [5, 5.41) is 11.0. The van der Waals surface area contributed by atoms with Gasteiger partial charge >= 0.3 is 6.09 Å². The van der Waals surface area contributed by atoms with E-state index in [0.29, 0.717) is 17.2 Å². The van der Waals surface area contributed by atoms with Gasteiger partial charge in [0.2, 0.25) is 0 Å². The summed E-state index contributed by atoms with van der Waals surface area (Å²) in [5.74, 6) is 1.13. The first-order chi connectivity index (χ1) is 8.25. The van der Waals surface area contributed by atoms with Crippen molar-refractivity contribution in [2.24, 2.45) is 0 Å². The maximum atomic E-state index is 10.6. The largest absolute Gasteiger partial charge is 0.465 e. The van der Waals surface area contributed by atoms with E-state index < -0.39 is 6.09 Å². The average molecular weight is 229 g/mol. The van der Waals surface area contributed by atoms with E-state index in [1.807, 2.05) is 18.2 Å². The number of hydrogen-bond donors (Lipinski definition) is 2. The Morgan fingerprint density at radius 1 is 1.00 bits per heavy atom. The molecule has 86 valence electrons. The molecule has 4 heteroatoms. The maximum Gasteiger partial charge on any atom is 0.409 e. The Morgan fingerprint density at radius 2 is 1.65 bits per heavy atom. The molecule has 0 atom stereocenters. The zero-order valence-electron chi connectivity index (χ0n) is 8.96. The fourth-order valence-electron chi connectivity index (χ4n) is 1.39. The monoisotopic (exact) mass is 229 g/mol. The summed E-state index contributed by atoms with van der Waals surface area (Å²) in [5.41, 5.74) is 0.420. The molecule has 0 saturated heterocycles. The van der Waals surface area contributed by atoms with Crippen molar-refractivity contribution in [3.63, 3.8) is 0 Å². The number of rotatable bonds is 3. The van der Waals surface area contributed by atoms with Crippen molar-refractivity contribution in [2.45, 2.75) is 0 Å². The van der Waals surface area contributed by atoms with Gasteiger partial charge in [0.1, 0.15) is 5.75 Å². The van der Waals surface area contributed by atoms with Gasteiger partial charge in [0.05, 0.1) is 5.69 Å². The number of carbonyl (C=O) groups is 1. The molecule has 4 nitrogen and oxygen atoms in total. The highest BCUT2D eigenvalue weighted by Gasteiger charge is 2.06. The number of para-hydroxylation sites is 3. The minimum atomic E-state index is -1.12. The lowest BCUT2D eigenvalue weighted by Crippen LogP contribution is -2.08. The van der Waals surface area contributed by atoms with Crippen molar-refractivity contribution in [3.8, 4) is 11.5 Å². The highest BCUT2D eigenvalue weighted by Crippen LogP contribution is 2.28. The fraction of sp³-hybridized carbons (Fsp3) is 0. The van der Waals surface area contributed by atoms with Crippen LogP contribution in [-0.2, 0) is 0 Å². The Morgan fingerprint density at radius 3 is 2.35 bits per heavy atom. The van der Waals surface area contributed by atoms with E-state index >= 15 is 0 Å². The van der Waals surface area contributed by atoms with Gasteiger partial charge in [-0.15, -0.1) is 0 Å². The van der Waals surface area contributed by atoms with Crippen molar-refractivity contribution in [1.82, 2.24) is 0 Å². The number of hydrogen-bond acceptors (Lipinski definition) is 2.